The summed E-state index contributed by atoms with van der Waals surface area (Å²) in [5, 5.41) is 10.0. The van der Waals surface area contributed by atoms with Crippen LogP contribution in [0.2, 0.25) is 0 Å². The highest BCUT2D eigenvalue weighted by atomic mass is 32.2. The summed E-state index contributed by atoms with van der Waals surface area (Å²) in [4.78, 5) is 31.9. The number of likely N-dealkylation sites (N-methyl/N-ethyl adjacent to an activating group) is 1. The highest BCUT2D eigenvalue weighted by Gasteiger charge is 2.52. The van der Waals surface area contributed by atoms with Gasteiger partial charge in [-0.2, -0.15) is 0 Å². The lowest BCUT2D eigenvalue weighted by molar-refractivity contribution is -0.117. The van der Waals surface area contributed by atoms with Crippen LogP contribution in [0, 0.1) is 12.8 Å². The Morgan fingerprint density at radius 1 is 1.18 bits per heavy atom. The molecule has 3 fully saturated rings. The maximum absolute atomic E-state index is 13.7. The van der Waals surface area contributed by atoms with Gasteiger partial charge in [-0.3, -0.25) is 9.69 Å². The third-order valence-electron chi connectivity index (χ3n) is 8.50. The number of hydrogen-bond donors (Lipinski definition) is 3. The number of hydrogen-bond acceptors (Lipinski definition) is 6. The van der Waals surface area contributed by atoms with E-state index in [9.17, 15) is 9.59 Å². The van der Waals surface area contributed by atoms with Gasteiger partial charge in [0, 0.05) is 29.9 Å². The van der Waals surface area contributed by atoms with Gasteiger partial charge in [0.25, 0.3) is 5.91 Å². The van der Waals surface area contributed by atoms with Crippen LogP contribution in [-0.2, 0) is 4.79 Å². The summed E-state index contributed by atoms with van der Waals surface area (Å²) >= 11 is 1.56. The topological polar surface area (TPSA) is 85.9 Å². The molecule has 0 aromatic heterocycles. The maximum atomic E-state index is 13.7. The summed E-state index contributed by atoms with van der Waals surface area (Å²) in [6.07, 6.45) is 2.88. The zero-order valence-corrected chi connectivity index (χ0v) is 24.5. The number of nitrogens with zero attached hydrogens (tertiary/aromatic N) is 2. The highest BCUT2D eigenvalue weighted by molar-refractivity contribution is 8.04. The molecular formula is C31H39N5O3S. The summed E-state index contributed by atoms with van der Waals surface area (Å²) in [6, 6.07) is 14.0. The minimum absolute atomic E-state index is 0.0271. The van der Waals surface area contributed by atoms with Gasteiger partial charge < -0.3 is 25.6 Å². The number of amides is 3. The van der Waals surface area contributed by atoms with Crippen LogP contribution in [0.25, 0.3) is 0 Å². The van der Waals surface area contributed by atoms with Crippen molar-refractivity contribution in [1.82, 2.24) is 20.9 Å². The van der Waals surface area contributed by atoms with E-state index in [2.05, 4.69) is 47.8 Å². The van der Waals surface area contributed by atoms with Crippen molar-refractivity contribution in [2.24, 2.45) is 5.92 Å². The quantitative estimate of drug-likeness (QED) is 0.465. The van der Waals surface area contributed by atoms with Crippen LogP contribution in [0.15, 0.2) is 53.1 Å². The molecule has 4 heterocycles. The summed E-state index contributed by atoms with van der Waals surface area (Å²) in [5.74, 6) is 1.91. The van der Waals surface area contributed by atoms with E-state index in [0.29, 0.717) is 10.8 Å². The minimum Gasteiger partial charge on any atom is -0.457 e. The van der Waals surface area contributed by atoms with Crippen molar-refractivity contribution in [2.75, 3.05) is 31.6 Å². The van der Waals surface area contributed by atoms with Crippen molar-refractivity contribution in [3.63, 3.8) is 0 Å². The normalized spacial score (nSPS) is 26.5. The fraction of sp³-hybridized carbons (Fsp3) is 0.484. The molecule has 4 atom stereocenters. The van der Waals surface area contributed by atoms with Crippen LogP contribution in [0.3, 0.4) is 0 Å². The van der Waals surface area contributed by atoms with Crippen molar-refractivity contribution in [2.45, 2.75) is 63.4 Å². The fourth-order valence-electron chi connectivity index (χ4n) is 6.58. The number of benzene rings is 2. The van der Waals surface area contributed by atoms with Gasteiger partial charge in [0.1, 0.15) is 11.5 Å². The number of para-hydroxylation sites is 1. The van der Waals surface area contributed by atoms with E-state index in [4.69, 9.17) is 4.74 Å². The molecule has 3 N–H and O–H groups in total. The molecule has 2 aromatic rings. The number of urea groups is 1. The van der Waals surface area contributed by atoms with Crippen LogP contribution in [-0.4, -0.2) is 61.0 Å². The van der Waals surface area contributed by atoms with Crippen molar-refractivity contribution in [1.29, 1.82) is 0 Å². The lowest BCUT2D eigenvalue weighted by Gasteiger charge is -2.46. The highest BCUT2D eigenvalue weighted by Crippen LogP contribution is 2.48. The van der Waals surface area contributed by atoms with Crippen LogP contribution in [0.5, 0.6) is 11.5 Å². The lowest BCUT2D eigenvalue weighted by Crippen LogP contribution is -2.62. The third-order valence-corrected chi connectivity index (χ3v) is 9.86. The van der Waals surface area contributed by atoms with Crippen LogP contribution >= 0.6 is 11.8 Å². The van der Waals surface area contributed by atoms with E-state index in [-0.39, 0.29) is 35.3 Å². The van der Waals surface area contributed by atoms with E-state index < -0.39 is 0 Å². The number of thioether (sulfide) groups is 1. The minimum atomic E-state index is -0.177. The van der Waals surface area contributed by atoms with Gasteiger partial charge in [0.05, 0.1) is 16.3 Å². The third kappa shape index (κ3) is 5.10. The Morgan fingerprint density at radius 2 is 2.00 bits per heavy atom. The standard InChI is InChI=1S/C31H39N5O3S/c1-18(2)22-9-5-6-10-25(22)39-21-11-12-23(19(3)16-21)36-24-13-14-32-30-26(24)27(34-31(36)38)28(40-30)29(37)33-20-8-7-15-35(4)17-20/h5-6,9-12,16,18,20,24,26,30,32H,7-8,13-15,17H2,1-4H3,(H,33,37)(H,34,38)/t20-,24?,26?,30?/m1/s1. The summed E-state index contributed by atoms with van der Waals surface area (Å²) in [6.45, 7) is 9.06. The number of likely N-dealkylation sites (tertiary alicyclic amines) is 1. The summed E-state index contributed by atoms with van der Waals surface area (Å²) in [7, 11) is 2.09. The molecule has 4 aliphatic rings. The molecule has 6 rings (SSSR count). The first-order valence-corrected chi connectivity index (χ1v) is 15.3. The van der Waals surface area contributed by atoms with Crippen molar-refractivity contribution in [3.8, 4) is 11.5 Å². The molecule has 0 spiro atoms. The first kappa shape index (κ1) is 27.2. The number of rotatable bonds is 6. The molecule has 0 aliphatic carbocycles. The van der Waals surface area contributed by atoms with Crippen molar-refractivity contribution >= 4 is 29.4 Å². The average molecular weight is 562 g/mol. The van der Waals surface area contributed by atoms with E-state index >= 15 is 0 Å². The van der Waals surface area contributed by atoms with E-state index in [1.54, 1.807) is 11.8 Å². The van der Waals surface area contributed by atoms with E-state index in [0.717, 1.165) is 72.9 Å². The van der Waals surface area contributed by atoms with Gasteiger partial charge in [-0.05, 0) is 87.6 Å². The van der Waals surface area contributed by atoms with E-state index in [1.807, 2.05) is 48.2 Å². The number of carbonyl (C=O) groups excluding carboxylic acids is 2. The zero-order valence-electron chi connectivity index (χ0n) is 23.7. The monoisotopic (exact) mass is 561 g/mol. The molecule has 3 unspecified atom stereocenters. The van der Waals surface area contributed by atoms with Gasteiger partial charge in [-0.25, -0.2) is 4.79 Å². The molecule has 3 amide bonds. The second-order valence-corrected chi connectivity index (χ2v) is 12.9. The van der Waals surface area contributed by atoms with Gasteiger partial charge in [-0.1, -0.05) is 43.8 Å². The predicted octanol–water partition coefficient (Wildman–Crippen LogP) is 4.91. The zero-order chi connectivity index (χ0) is 28.0. The Morgan fingerprint density at radius 3 is 2.77 bits per heavy atom. The molecule has 8 nitrogen and oxygen atoms in total. The fourth-order valence-corrected chi connectivity index (χ4v) is 7.98. The number of anilines is 1. The first-order chi connectivity index (χ1) is 19.3. The second-order valence-electron chi connectivity index (χ2n) is 11.7. The van der Waals surface area contributed by atoms with Gasteiger partial charge in [0.15, 0.2) is 0 Å². The smallest absolute Gasteiger partial charge is 0.326 e. The van der Waals surface area contributed by atoms with Crippen LogP contribution < -0.4 is 25.6 Å². The Kier molecular flexibility index (Phi) is 7.54. The maximum Gasteiger partial charge on any atom is 0.326 e. The van der Waals surface area contributed by atoms with Crippen LogP contribution in [0.4, 0.5) is 10.5 Å². The molecular weight excluding hydrogens is 522 g/mol. The summed E-state index contributed by atoms with van der Waals surface area (Å²) < 4.78 is 6.29. The van der Waals surface area contributed by atoms with Gasteiger partial charge in [-0.15, -0.1) is 0 Å². The van der Waals surface area contributed by atoms with Crippen LogP contribution in [0.1, 0.15) is 50.2 Å². The Balaban J connectivity index is 1.24. The number of piperidine rings is 2. The number of ether oxygens (including phenoxy) is 1. The molecule has 212 valence electrons. The first-order valence-electron chi connectivity index (χ1n) is 14.4. The molecule has 2 aromatic carbocycles. The number of carbonyl (C=O) groups is 2. The van der Waals surface area contributed by atoms with Gasteiger partial charge in [0.2, 0.25) is 0 Å². The molecule has 9 heteroatoms. The molecule has 0 radical (unpaired) electrons. The number of nitrogens with one attached hydrogen (secondary N) is 3. The van der Waals surface area contributed by atoms with Gasteiger partial charge >= 0.3 is 6.03 Å². The second kappa shape index (κ2) is 11.1. The Hall–Kier alpha value is -3.01. The average Bonchev–Trinajstić information content (AvgIpc) is 3.29. The van der Waals surface area contributed by atoms with Crippen molar-refractivity contribution < 1.29 is 14.3 Å². The predicted molar refractivity (Wildman–Crippen MR) is 160 cm³/mol. The van der Waals surface area contributed by atoms with E-state index in [1.165, 1.54) is 0 Å². The molecule has 40 heavy (non-hydrogen) atoms. The molecule has 0 bridgehead atoms. The summed E-state index contributed by atoms with van der Waals surface area (Å²) in [5.41, 5.74) is 3.79. The number of aryl methyl sites for hydroxylation is 1. The largest absolute Gasteiger partial charge is 0.457 e. The Labute approximate surface area is 240 Å². The molecule has 0 saturated carbocycles. The van der Waals surface area contributed by atoms with Crippen molar-refractivity contribution in [3.05, 3.63) is 64.2 Å². The molecule has 3 saturated heterocycles. The SMILES string of the molecule is Cc1cc(Oc2ccccc2C(C)C)ccc1N1C(=O)NC2=C(C(=O)N[C@@H]3CCCN(C)C3)SC3NCCC1C23. The Bertz CT molecular complexity index is 1340. The molecule has 4 aliphatic heterocycles. The lowest BCUT2D eigenvalue weighted by atomic mass is 9.86.